The number of pyridine rings is 1. The summed E-state index contributed by atoms with van der Waals surface area (Å²) < 4.78 is 0. The lowest BCUT2D eigenvalue weighted by Crippen LogP contribution is -2.28. The number of aromatic hydroxyl groups is 1. The molecular formula is C14H24N2O2. The predicted octanol–water partition coefficient (Wildman–Crippen LogP) is 2.26. The van der Waals surface area contributed by atoms with Gasteiger partial charge in [-0.25, -0.2) is 0 Å². The monoisotopic (exact) mass is 252 g/mol. The Labute approximate surface area is 109 Å². The smallest absolute Gasteiger partial charge is 0.141 e. The number of aliphatic hydroxyl groups is 1. The molecule has 1 rings (SSSR count). The van der Waals surface area contributed by atoms with Crippen LogP contribution >= 0.6 is 0 Å². The van der Waals surface area contributed by atoms with Crippen molar-refractivity contribution in [1.82, 2.24) is 10.3 Å². The Morgan fingerprint density at radius 1 is 1.39 bits per heavy atom. The second-order valence-electron chi connectivity index (χ2n) is 4.63. The minimum Gasteiger partial charge on any atom is -0.506 e. The maximum atomic E-state index is 10.0. The molecule has 4 heteroatoms. The summed E-state index contributed by atoms with van der Waals surface area (Å²) in [6, 6.07) is 0.453. The molecule has 102 valence electrons. The average Bonchev–Trinajstić information content (AvgIpc) is 2.38. The first-order valence-electron chi connectivity index (χ1n) is 6.64. The van der Waals surface area contributed by atoms with Crippen molar-refractivity contribution in [1.29, 1.82) is 0 Å². The van der Waals surface area contributed by atoms with Crippen LogP contribution in [0.3, 0.4) is 0 Å². The van der Waals surface area contributed by atoms with Crippen molar-refractivity contribution >= 4 is 0 Å². The highest BCUT2D eigenvalue weighted by Gasteiger charge is 2.12. The summed E-state index contributed by atoms with van der Waals surface area (Å²) in [6.07, 6.45) is 4.95. The minimum atomic E-state index is -0.0948. The van der Waals surface area contributed by atoms with Gasteiger partial charge in [0.05, 0.1) is 12.3 Å². The molecule has 3 N–H and O–H groups in total. The van der Waals surface area contributed by atoms with Crippen LogP contribution in [0.4, 0.5) is 0 Å². The molecule has 0 aliphatic carbocycles. The Hall–Kier alpha value is -1.13. The van der Waals surface area contributed by atoms with Gasteiger partial charge in [-0.3, -0.25) is 4.98 Å². The van der Waals surface area contributed by atoms with Gasteiger partial charge in [0.1, 0.15) is 5.75 Å². The van der Waals surface area contributed by atoms with Crippen LogP contribution in [0.25, 0.3) is 0 Å². The minimum absolute atomic E-state index is 0.0948. The lowest BCUT2D eigenvalue weighted by molar-refractivity contribution is 0.278. The van der Waals surface area contributed by atoms with Crippen molar-refractivity contribution in [3.05, 3.63) is 23.0 Å². The molecule has 18 heavy (non-hydrogen) atoms. The van der Waals surface area contributed by atoms with E-state index < -0.39 is 0 Å². The van der Waals surface area contributed by atoms with E-state index in [9.17, 15) is 10.2 Å². The second-order valence-corrected chi connectivity index (χ2v) is 4.63. The third kappa shape index (κ3) is 3.68. The van der Waals surface area contributed by atoms with Gasteiger partial charge in [0.2, 0.25) is 0 Å². The molecule has 1 atom stereocenters. The number of aromatic nitrogens is 1. The fraction of sp³-hybridized carbons (Fsp3) is 0.643. The van der Waals surface area contributed by atoms with Gasteiger partial charge in [0.15, 0.2) is 0 Å². The van der Waals surface area contributed by atoms with Crippen LogP contribution in [0.2, 0.25) is 0 Å². The molecule has 1 aromatic heterocycles. The number of hydrogen-bond donors (Lipinski definition) is 3. The lowest BCUT2D eigenvalue weighted by atomic mass is 10.1. The third-order valence-corrected chi connectivity index (χ3v) is 3.30. The quantitative estimate of drug-likeness (QED) is 0.696. The van der Waals surface area contributed by atoms with Gasteiger partial charge in [0, 0.05) is 29.9 Å². The first-order valence-corrected chi connectivity index (χ1v) is 6.64. The number of aryl methyl sites for hydroxylation is 1. The molecule has 0 aliphatic heterocycles. The molecule has 1 aromatic rings. The number of nitrogens with one attached hydrogen (secondary N) is 1. The largest absolute Gasteiger partial charge is 0.506 e. The summed E-state index contributed by atoms with van der Waals surface area (Å²) in [6.45, 7) is 6.56. The zero-order valence-electron chi connectivity index (χ0n) is 11.5. The van der Waals surface area contributed by atoms with Crippen molar-refractivity contribution in [2.75, 3.05) is 0 Å². The molecule has 0 amide bonds. The molecule has 0 saturated carbocycles. The third-order valence-electron chi connectivity index (χ3n) is 3.30. The Bertz CT molecular complexity index is 380. The fourth-order valence-corrected chi connectivity index (χ4v) is 2.06. The second kappa shape index (κ2) is 7.34. The van der Waals surface area contributed by atoms with Crippen LogP contribution in [-0.2, 0) is 13.2 Å². The summed E-state index contributed by atoms with van der Waals surface area (Å²) in [7, 11) is 0. The van der Waals surface area contributed by atoms with E-state index in [2.05, 4.69) is 24.1 Å². The van der Waals surface area contributed by atoms with Crippen LogP contribution in [0.1, 0.15) is 49.9 Å². The van der Waals surface area contributed by atoms with Gasteiger partial charge in [-0.15, -0.1) is 0 Å². The molecule has 0 saturated heterocycles. The van der Waals surface area contributed by atoms with E-state index in [-0.39, 0.29) is 12.4 Å². The van der Waals surface area contributed by atoms with E-state index in [0.717, 1.165) is 24.8 Å². The summed E-state index contributed by atoms with van der Waals surface area (Å²) in [4.78, 5) is 4.06. The summed E-state index contributed by atoms with van der Waals surface area (Å²) >= 11 is 0. The molecule has 0 bridgehead atoms. The normalized spacial score (nSPS) is 12.7. The average molecular weight is 252 g/mol. The van der Waals surface area contributed by atoms with Crippen LogP contribution in [0, 0.1) is 6.92 Å². The Morgan fingerprint density at radius 2 is 2.11 bits per heavy atom. The first kappa shape index (κ1) is 14.9. The van der Waals surface area contributed by atoms with Crippen LogP contribution in [0.15, 0.2) is 6.20 Å². The topological polar surface area (TPSA) is 65.4 Å². The highest BCUT2D eigenvalue weighted by molar-refractivity contribution is 5.40. The van der Waals surface area contributed by atoms with Crippen LogP contribution in [0.5, 0.6) is 5.75 Å². The summed E-state index contributed by atoms with van der Waals surface area (Å²) in [5.74, 6) is 0.195. The van der Waals surface area contributed by atoms with Crippen molar-refractivity contribution < 1.29 is 10.2 Å². The standard InChI is InChI=1S/C14H24N2O2/c1-4-6-12(5-2)16-8-13-11(9-17)7-15-10(3)14(13)18/h7,12,16-18H,4-6,8-9H2,1-3H3. The molecule has 0 aliphatic rings. The zero-order chi connectivity index (χ0) is 13.5. The molecule has 0 radical (unpaired) electrons. The number of aliphatic hydroxyl groups excluding tert-OH is 1. The molecule has 0 spiro atoms. The van der Waals surface area contributed by atoms with E-state index in [0.29, 0.717) is 23.8 Å². The molecule has 1 heterocycles. The van der Waals surface area contributed by atoms with Crippen molar-refractivity contribution in [2.45, 2.75) is 59.2 Å². The SMILES string of the molecule is CCCC(CC)NCc1c(CO)cnc(C)c1O. The van der Waals surface area contributed by atoms with E-state index >= 15 is 0 Å². The van der Waals surface area contributed by atoms with Gasteiger partial charge in [0.25, 0.3) is 0 Å². The Balaban J connectivity index is 2.79. The van der Waals surface area contributed by atoms with Crippen molar-refractivity contribution in [3.8, 4) is 5.75 Å². The molecular weight excluding hydrogens is 228 g/mol. The first-order chi connectivity index (χ1) is 8.63. The van der Waals surface area contributed by atoms with Gasteiger partial charge < -0.3 is 15.5 Å². The number of nitrogens with zero attached hydrogens (tertiary/aromatic N) is 1. The lowest BCUT2D eigenvalue weighted by Gasteiger charge is -2.18. The van der Waals surface area contributed by atoms with Crippen LogP contribution in [-0.4, -0.2) is 21.2 Å². The van der Waals surface area contributed by atoms with Crippen molar-refractivity contribution in [3.63, 3.8) is 0 Å². The van der Waals surface area contributed by atoms with E-state index in [4.69, 9.17) is 0 Å². The van der Waals surface area contributed by atoms with E-state index in [1.807, 2.05) is 0 Å². The highest BCUT2D eigenvalue weighted by Crippen LogP contribution is 2.24. The molecule has 1 unspecified atom stereocenters. The Morgan fingerprint density at radius 3 is 2.67 bits per heavy atom. The van der Waals surface area contributed by atoms with Crippen LogP contribution < -0.4 is 5.32 Å². The highest BCUT2D eigenvalue weighted by atomic mass is 16.3. The zero-order valence-corrected chi connectivity index (χ0v) is 11.5. The molecule has 0 aromatic carbocycles. The van der Waals surface area contributed by atoms with Gasteiger partial charge in [-0.05, 0) is 19.8 Å². The number of hydrogen-bond acceptors (Lipinski definition) is 4. The fourth-order valence-electron chi connectivity index (χ4n) is 2.06. The van der Waals surface area contributed by atoms with Gasteiger partial charge in [-0.1, -0.05) is 20.3 Å². The van der Waals surface area contributed by atoms with Crippen molar-refractivity contribution in [2.24, 2.45) is 0 Å². The Kier molecular flexibility index (Phi) is 6.09. The summed E-state index contributed by atoms with van der Waals surface area (Å²) in [5.41, 5.74) is 2.06. The predicted molar refractivity (Wildman–Crippen MR) is 72.4 cm³/mol. The maximum absolute atomic E-state index is 10.0. The van der Waals surface area contributed by atoms with E-state index in [1.54, 1.807) is 13.1 Å². The number of rotatable bonds is 7. The molecule has 0 fully saturated rings. The van der Waals surface area contributed by atoms with E-state index in [1.165, 1.54) is 0 Å². The van der Waals surface area contributed by atoms with Gasteiger partial charge in [-0.2, -0.15) is 0 Å². The maximum Gasteiger partial charge on any atom is 0.141 e. The molecule has 4 nitrogen and oxygen atoms in total. The summed E-state index contributed by atoms with van der Waals surface area (Å²) in [5, 5.41) is 22.7. The van der Waals surface area contributed by atoms with Gasteiger partial charge >= 0.3 is 0 Å².